The number of carbonyl (C=O) groups is 1. The van der Waals surface area contributed by atoms with Gasteiger partial charge in [0, 0.05) is 0 Å². The van der Waals surface area contributed by atoms with Gasteiger partial charge < -0.3 is 9.47 Å². The molecule has 0 spiro atoms. The van der Waals surface area contributed by atoms with Gasteiger partial charge in [0.05, 0.1) is 19.8 Å². The molecule has 0 N–H and O–H groups in total. The third-order valence-electron chi connectivity index (χ3n) is 3.72. The van der Waals surface area contributed by atoms with Crippen LogP contribution in [0.2, 0.25) is 0 Å². The molecule has 21 heavy (non-hydrogen) atoms. The van der Waals surface area contributed by atoms with Crippen LogP contribution < -0.4 is 0 Å². The van der Waals surface area contributed by atoms with Crippen LogP contribution in [0, 0.1) is 11.3 Å². The van der Waals surface area contributed by atoms with Gasteiger partial charge in [-0.25, -0.2) is 4.79 Å². The van der Waals surface area contributed by atoms with E-state index >= 15 is 0 Å². The highest BCUT2D eigenvalue weighted by atomic mass is 16.5. The predicted molar refractivity (Wildman–Crippen MR) is 78.1 cm³/mol. The van der Waals surface area contributed by atoms with Crippen LogP contribution in [-0.4, -0.2) is 19.2 Å². The second kappa shape index (κ2) is 7.61. The van der Waals surface area contributed by atoms with E-state index < -0.39 is 5.97 Å². The fraction of sp³-hybridized carbons (Fsp3) is 0.412. The van der Waals surface area contributed by atoms with Crippen molar-refractivity contribution in [1.82, 2.24) is 0 Å². The van der Waals surface area contributed by atoms with Crippen LogP contribution in [0.1, 0.15) is 31.2 Å². The summed E-state index contributed by atoms with van der Waals surface area (Å²) in [6.45, 7) is 0.604. The fourth-order valence-corrected chi connectivity index (χ4v) is 2.52. The van der Waals surface area contributed by atoms with Crippen LogP contribution in [0.5, 0.6) is 0 Å². The lowest BCUT2D eigenvalue weighted by Gasteiger charge is -2.24. The van der Waals surface area contributed by atoms with E-state index in [0.717, 1.165) is 36.8 Å². The standard InChI is InChI=1S/C17H19NO3/c1-20-17(19)16(11-18)14-7-9-15(10-8-14)21-12-13-5-3-2-4-6-13/h2-6,15H,7-10,12H2,1H3. The highest BCUT2D eigenvalue weighted by Crippen LogP contribution is 2.28. The van der Waals surface area contributed by atoms with Crippen molar-refractivity contribution in [3.05, 3.63) is 47.0 Å². The minimum absolute atomic E-state index is 0.166. The van der Waals surface area contributed by atoms with Crippen molar-refractivity contribution in [2.24, 2.45) is 0 Å². The lowest BCUT2D eigenvalue weighted by atomic mass is 9.89. The molecule has 1 saturated carbocycles. The third-order valence-corrected chi connectivity index (χ3v) is 3.72. The molecule has 0 atom stereocenters. The first-order valence-corrected chi connectivity index (χ1v) is 7.10. The molecule has 1 aromatic carbocycles. The zero-order valence-corrected chi connectivity index (χ0v) is 12.2. The first-order chi connectivity index (χ1) is 10.2. The lowest BCUT2D eigenvalue weighted by Crippen LogP contribution is -2.19. The molecule has 0 aromatic heterocycles. The number of hydrogen-bond acceptors (Lipinski definition) is 4. The minimum Gasteiger partial charge on any atom is -0.465 e. The van der Waals surface area contributed by atoms with E-state index in [0.29, 0.717) is 6.61 Å². The number of ether oxygens (including phenoxy) is 2. The summed E-state index contributed by atoms with van der Waals surface area (Å²) in [6.07, 6.45) is 3.30. The molecule has 1 fully saturated rings. The number of carbonyl (C=O) groups excluding carboxylic acids is 1. The van der Waals surface area contributed by atoms with Crippen LogP contribution in [-0.2, 0) is 20.9 Å². The number of benzene rings is 1. The van der Waals surface area contributed by atoms with Gasteiger partial charge in [0.1, 0.15) is 11.6 Å². The Morgan fingerprint density at radius 1 is 1.29 bits per heavy atom. The molecular weight excluding hydrogens is 266 g/mol. The monoisotopic (exact) mass is 285 g/mol. The molecule has 4 heteroatoms. The average Bonchev–Trinajstić information content (AvgIpc) is 2.55. The largest absolute Gasteiger partial charge is 0.465 e. The summed E-state index contributed by atoms with van der Waals surface area (Å²) < 4.78 is 10.5. The van der Waals surface area contributed by atoms with Crippen LogP contribution >= 0.6 is 0 Å². The second-order valence-corrected chi connectivity index (χ2v) is 5.08. The van der Waals surface area contributed by atoms with E-state index in [1.54, 1.807) is 0 Å². The Labute approximate surface area is 125 Å². The first kappa shape index (κ1) is 15.3. The van der Waals surface area contributed by atoms with Gasteiger partial charge in [-0.05, 0) is 36.8 Å². The average molecular weight is 285 g/mol. The van der Waals surface area contributed by atoms with Crippen LogP contribution in [0.25, 0.3) is 0 Å². The molecule has 1 aliphatic rings. The van der Waals surface area contributed by atoms with Gasteiger partial charge in [-0.15, -0.1) is 0 Å². The van der Waals surface area contributed by atoms with E-state index in [4.69, 9.17) is 10.00 Å². The summed E-state index contributed by atoms with van der Waals surface area (Å²) in [5.74, 6) is -0.531. The highest BCUT2D eigenvalue weighted by Gasteiger charge is 2.23. The zero-order valence-electron chi connectivity index (χ0n) is 12.2. The molecule has 0 amide bonds. The first-order valence-electron chi connectivity index (χ1n) is 7.10. The normalized spacial score (nSPS) is 17.9. The minimum atomic E-state index is -0.531. The number of methoxy groups -OCH3 is 1. The van der Waals surface area contributed by atoms with Crippen molar-refractivity contribution < 1.29 is 14.3 Å². The maximum absolute atomic E-state index is 11.5. The summed E-state index contributed by atoms with van der Waals surface area (Å²) in [6, 6.07) is 12.0. The number of esters is 1. The van der Waals surface area contributed by atoms with Crippen molar-refractivity contribution in [2.45, 2.75) is 38.4 Å². The van der Waals surface area contributed by atoms with Crippen molar-refractivity contribution in [3.63, 3.8) is 0 Å². The van der Waals surface area contributed by atoms with E-state index in [1.807, 2.05) is 36.4 Å². The van der Waals surface area contributed by atoms with Gasteiger partial charge in [-0.2, -0.15) is 5.26 Å². The molecule has 0 heterocycles. The Morgan fingerprint density at radius 3 is 2.52 bits per heavy atom. The van der Waals surface area contributed by atoms with Crippen LogP contribution in [0.4, 0.5) is 0 Å². The van der Waals surface area contributed by atoms with Gasteiger partial charge in [-0.3, -0.25) is 0 Å². The van der Waals surface area contributed by atoms with Gasteiger partial charge >= 0.3 is 5.97 Å². The molecule has 0 radical (unpaired) electrons. The Bertz CT molecular complexity index is 547. The summed E-state index contributed by atoms with van der Waals surface area (Å²) >= 11 is 0. The van der Waals surface area contributed by atoms with Gasteiger partial charge in [-0.1, -0.05) is 30.3 Å². The molecule has 0 unspecified atom stereocenters. The van der Waals surface area contributed by atoms with Gasteiger partial charge in [0.2, 0.25) is 0 Å². The molecule has 0 bridgehead atoms. The number of nitrogens with zero attached hydrogens (tertiary/aromatic N) is 1. The molecular formula is C17H19NO3. The van der Waals surface area contributed by atoms with E-state index in [9.17, 15) is 4.79 Å². The van der Waals surface area contributed by atoms with Crippen LogP contribution in [0.15, 0.2) is 41.5 Å². The zero-order chi connectivity index (χ0) is 15.1. The Morgan fingerprint density at radius 2 is 1.95 bits per heavy atom. The fourth-order valence-electron chi connectivity index (χ4n) is 2.52. The molecule has 1 aliphatic carbocycles. The second-order valence-electron chi connectivity index (χ2n) is 5.08. The van der Waals surface area contributed by atoms with Crippen molar-refractivity contribution in [2.75, 3.05) is 7.11 Å². The SMILES string of the molecule is COC(=O)C(C#N)=C1CCC(OCc2ccccc2)CC1. The quantitative estimate of drug-likeness (QED) is 0.484. The summed E-state index contributed by atoms with van der Waals surface area (Å²) in [7, 11) is 1.30. The molecule has 0 saturated heterocycles. The van der Waals surface area contributed by atoms with E-state index in [-0.39, 0.29) is 11.7 Å². The number of rotatable bonds is 4. The molecule has 4 nitrogen and oxygen atoms in total. The number of hydrogen-bond donors (Lipinski definition) is 0. The predicted octanol–water partition coefficient (Wildman–Crippen LogP) is 3.14. The van der Waals surface area contributed by atoms with Crippen LogP contribution in [0.3, 0.4) is 0 Å². The van der Waals surface area contributed by atoms with Gasteiger partial charge in [0.25, 0.3) is 0 Å². The summed E-state index contributed by atoms with van der Waals surface area (Å²) in [5, 5.41) is 9.06. The Balaban J connectivity index is 1.87. The number of allylic oxidation sites excluding steroid dienone is 1. The number of nitriles is 1. The third kappa shape index (κ3) is 4.17. The molecule has 110 valence electrons. The van der Waals surface area contributed by atoms with E-state index in [2.05, 4.69) is 4.74 Å². The summed E-state index contributed by atoms with van der Waals surface area (Å²) in [4.78, 5) is 11.5. The van der Waals surface area contributed by atoms with Crippen molar-refractivity contribution >= 4 is 5.97 Å². The van der Waals surface area contributed by atoms with E-state index in [1.165, 1.54) is 7.11 Å². The van der Waals surface area contributed by atoms with Crippen molar-refractivity contribution in [1.29, 1.82) is 5.26 Å². The molecule has 1 aromatic rings. The smallest absolute Gasteiger partial charge is 0.348 e. The lowest BCUT2D eigenvalue weighted by molar-refractivity contribution is -0.135. The highest BCUT2D eigenvalue weighted by molar-refractivity contribution is 5.93. The Hall–Kier alpha value is -2.12. The molecule has 0 aliphatic heterocycles. The molecule has 2 rings (SSSR count). The summed E-state index contributed by atoms with van der Waals surface area (Å²) in [5.41, 5.74) is 2.22. The van der Waals surface area contributed by atoms with Gasteiger partial charge in [0.15, 0.2) is 0 Å². The topological polar surface area (TPSA) is 59.3 Å². The Kier molecular flexibility index (Phi) is 5.53. The maximum Gasteiger partial charge on any atom is 0.348 e. The maximum atomic E-state index is 11.5. The van der Waals surface area contributed by atoms with Crippen molar-refractivity contribution in [3.8, 4) is 6.07 Å².